The second-order valence-electron chi connectivity index (χ2n) is 7.46. The first-order valence-electron chi connectivity index (χ1n) is 10.3. The molecule has 0 aliphatic carbocycles. The van der Waals surface area contributed by atoms with E-state index in [0.29, 0.717) is 11.3 Å². The number of amides is 1. The van der Waals surface area contributed by atoms with Gasteiger partial charge in [-0.05, 0) is 35.9 Å². The topological polar surface area (TPSA) is 61.4 Å². The van der Waals surface area contributed by atoms with Gasteiger partial charge in [-0.1, -0.05) is 47.5 Å². The standard InChI is InChI=1S/C24H23Cl2N5O/c25-20-5-3-18(4-6-20)2-1-11-30-12-14-31(15-13-30)22-8-9-27-17-21(22)29-24(32)19-7-10-28-23(26)16-19/h1-10,16-17H,11-15H2,(H,29,32)/b2-1+. The second kappa shape index (κ2) is 10.6. The van der Waals surface area contributed by atoms with Gasteiger partial charge in [0, 0.05) is 55.7 Å². The molecule has 0 spiro atoms. The van der Waals surface area contributed by atoms with Gasteiger partial charge in [-0.3, -0.25) is 14.7 Å². The third kappa shape index (κ3) is 5.85. The molecule has 1 saturated heterocycles. The number of carbonyl (C=O) groups is 1. The van der Waals surface area contributed by atoms with Crippen LogP contribution in [-0.4, -0.2) is 53.5 Å². The van der Waals surface area contributed by atoms with Gasteiger partial charge in [0.15, 0.2) is 0 Å². The maximum atomic E-state index is 12.6. The van der Waals surface area contributed by atoms with Crippen LogP contribution in [0.4, 0.5) is 11.4 Å². The summed E-state index contributed by atoms with van der Waals surface area (Å²) in [5, 5.41) is 3.98. The zero-order valence-corrected chi connectivity index (χ0v) is 18.9. The first-order chi connectivity index (χ1) is 15.6. The SMILES string of the molecule is O=C(Nc1cnccc1N1CCN(C/C=C/c2ccc(Cl)cc2)CC1)c1ccnc(Cl)c1. The van der Waals surface area contributed by atoms with E-state index >= 15 is 0 Å². The molecule has 8 heteroatoms. The highest BCUT2D eigenvalue weighted by Crippen LogP contribution is 2.26. The number of nitrogens with zero attached hydrogens (tertiary/aromatic N) is 4. The highest BCUT2D eigenvalue weighted by molar-refractivity contribution is 6.30. The average Bonchev–Trinajstić information content (AvgIpc) is 2.81. The van der Waals surface area contributed by atoms with Crippen molar-refractivity contribution in [1.82, 2.24) is 14.9 Å². The number of benzene rings is 1. The van der Waals surface area contributed by atoms with E-state index in [1.807, 2.05) is 30.3 Å². The van der Waals surface area contributed by atoms with Crippen LogP contribution in [0.2, 0.25) is 10.2 Å². The van der Waals surface area contributed by atoms with Crippen LogP contribution in [0, 0.1) is 0 Å². The van der Waals surface area contributed by atoms with Gasteiger partial charge in [-0.15, -0.1) is 0 Å². The molecule has 4 rings (SSSR count). The van der Waals surface area contributed by atoms with E-state index in [0.717, 1.165) is 49.0 Å². The van der Waals surface area contributed by atoms with Gasteiger partial charge >= 0.3 is 0 Å². The maximum Gasteiger partial charge on any atom is 0.255 e. The van der Waals surface area contributed by atoms with Crippen molar-refractivity contribution in [2.45, 2.75) is 0 Å². The molecule has 3 heterocycles. The van der Waals surface area contributed by atoms with Crippen molar-refractivity contribution in [2.24, 2.45) is 0 Å². The molecular formula is C24H23Cl2N5O. The molecule has 1 N–H and O–H groups in total. The Bertz CT molecular complexity index is 1100. The molecule has 1 amide bonds. The number of hydrogen-bond acceptors (Lipinski definition) is 5. The summed E-state index contributed by atoms with van der Waals surface area (Å²) in [6.07, 6.45) is 9.23. The minimum absolute atomic E-state index is 0.241. The number of halogens is 2. The van der Waals surface area contributed by atoms with Gasteiger partial charge in [-0.25, -0.2) is 4.98 Å². The number of carbonyl (C=O) groups excluding carboxylic acids is 1. The van der Waals surface area contributed by atoms with Crippen molar-refractivity contribution in [3.63, 3.8) is 0 Å². The van der Waals surface area contributed by atoms with Crippen molar-refractivity contribution >= 4 is 46.6 Å². The fraction of sp³-hybridized carbons (Fsp3) is 0.208. The summed E-state index contributed by atoms with van der Waals surface area (Å²) in [6, 6.07) is 12.9. The highest BCUT2D eigenvalue weighted by atomic mass is 35.5. The van der Waals surface area contributed by atoms with E-state index in [9.17, 15) is 4.79 Å². The number of rotatable bonds is 6. The molecule has 6 nitrogen and oxygen atoms in total. The van der Waals surface area contributed by atoms with Gasteiger partial charge in [0.25, 0.3) is 5.91 Å². The van der Waals surface area contributed by atoms with Crippen molar-refractivity contribution in [2.75, 3.05) is 42.9 Å². The number of piperazine rings is 1. The molecule has 1 aliphatic rings. The Labute approximate surface area is 197 Å². The fourth-order valence-electron chi connectivity index (χ4n) is 3.58. The summed E-state index contributed by atoms with van der Waals surface area (Å²) in [5.74, 6) is -0.241. The lowest BCUT2D eigenvalue weighted by Gasteiger charge is -2.36. The van der Waals surface area contributed by atoms with Crippen LogP contribution in [0.3, 0.4) is 0 Å². The predicted octanol–water partition coefficient (Wildman–Crippen LogP) is 4.87. The first kappa shape index (κ1) is 22.3. The summed E-state index contributed by atoms with van der Waals surface area (Å²) in [6.45, 7) is 4.48. The Morgan fingerprint density at radius 3 is 2.56 bits per heavy atom. The molecule has 0 atom stereocenters. The molecule has 0 bridgehead atoms. The minimum Gasteiger partial charge on any atom is -0.367 e. The average molecular weight is 468 g/mol. The molecule has 0 saturated carbocycles. The van der Waals surface area contributed by atoms with Gasteiger partial charge < -0.3 is 10.2 Å². The summed E-state index contributed by atoms with van der Waals surface area (Å²) in [4.78, 5) is 25.4. The van der Waals surface area contributed by atoms with Crippen molar-refractivity contribution in [3.8, 4) is 0 Å². The Balaban J connectivity index is 1.34. The van der Waals surface area contributed by atoms with Crippen LogP contribution in [0.15, 0.2) is 67.1 Å². The van der Waals surface area contributed by atoms with E-state index in [4.69, 9.17) is 23.2 Å². The zero-order valence-electron chi connectivity index (χ0n) is 17.4. The zero-order chi connectivity index (χ0) is 22.3. The molecule has 0 unspecified atom stereocenters. The number of aromatic nitrogens is 2. The lowest BCUT2D eigenvalue weighted by atomic mass is 10.2. The predicted molar refractivity (Wildman–Crippen MR) is 131 cm³/mol. The van der Waals surface area contributed by atoms with Gasteiger partial charge in [0.05, 0.1) is 17.6 Å². The lowest BCUT2D eigenvalue weighted by molar-refractivity contribution is 0.102. The summed E-state index contributed by atoms with van der Waals surface area (Å²) in [7, 11) is 0. The normalized spacial score (nSPS) is 14.6. The van der Waals surface area contributed by atoms with Crippen LogP contribution >= 0.6 is 23.2 Å². The van der Waals surface area contributed by atoms with Crippen LogP contribution < -0.4 is 10.2 Å². The van der Waals surface area contributed by atoms with E-state index < -0.39 is 0 Å². The quantitative estimate of drug-likeness (QED) is 0.523. The number of hydrogen-bond donors (Lipinski definition) is 1. The van der Waals surface area contributed by atoms with Crippen molar-refractivity contribution in [3.05, 3.63) is 88.4 Å². The Morgan fingerprint density at radius 1 is 1.03 bits per heavy atom. The van der Waals surface area contributed by atoms with E-state index in [-0.39, 0.29) is 11.1 Å². The first-order valence-corrected chi connectivity index (χ1v) is 11.1. The number of nitrogens with one attached hydrogen (secondary N) is 1. The molecular weight excluding hydrogens is 445 g/mol. The molecule has 0 radical (unpaired) electrons. The van der Waals surface area contributed by atoms with Crippen LogP contribution in [0.5, 0.6) is 0 Å². The Morgan fingerprint density at radius 2 is 1.81 bits per heavy atom. The molecule has 32 heavy (non-hydrogen) atoms. The Hall–Kier alpha value is -2.93. The molecule has 1 aromatic carbocycles. The Kier molecular flexibility index (Phi) is 7.37. The molecule has 1 fully saturated rings. The molecule has 3 aromatic rings. The highest BCUT2D eigenvalue weighted by Gasteiger charge is 2.20. The van der Waals surface area contributed by atoms with Gasteiger partial charge in [0.2, 0.25) is 0 Å². The summed E-state index contributed by atoms with van der Waals surface area (Å²) >= 11 is 11.8. The van der Waals surface area contributed by atoms with Gasteiger partial charge in [-0.2, -0.15) is 0 Å². The van der Waals surface area contributed by atoms with Crippen LogP contribution in [-0.2, 0) is 0 Å². The second-order valence-corrected chi connectivity index (χ2v) is 8.28. The van der Waals surface area contributed by atoms with Crippen molar-refractivity contribution in [1.29, 1.82) is 0 Å². The van der Waals surface area contributed by atoms with Crippen molar-refractivity contribution < 1.29 is 4.79 Å². The lowest BCUT2D eigenvalue weighted by Crippen LogP contribution is -2.46. The van der Waals surface area contributed by atoms with E-state index in [2.05, 4.69) is 37.2 Å². The van der Waals surface area contributed by atoms with E-state index in [1.165, 1.54) is 6.20 Å². The molecule has 1 aliphatic heterocycles. The molecule has 164 valence electrons. The monoisotopic (exact) mass is 467 g/mol. The molecule has 2 aromatic heterocycles. The summed E-state index contributed by atoms with van der Waals surface area (Å²) < 4.78 is 0. The number of anilines is 2. The third-order valence-corrected chi connectivity index (χ3v) is 5.75. The third-order valence-electron chi connectivity index (χ3n) is 5.29. The largest absolute Gasteiger partial charge is 0.367 e. The smallest absolute Gasteiger partial charge is 0.255 e. The fourth-order valence-corrected chi connectivity index (χ4v) is 3.88. The summed E-state index contributed by atoms with van der Waals surface area (Å²) in [5.41, 5.74) is 3.24. The maximum absolute atomic E-state index is 12.6. The van der Waals surface area contributed by atoms with Gasteiger partial charge in [0.1, 0.15) is 5.15 Å². The van der Waals surface area contributed by atoms with E-state index in [1.54, 1.807) is 24.5 Å². The van der Waals surface area contributed by atoms with Crippen LogP contribution in [0.25, 0.3) is 6.08 Å². The minimum atomic E-state index is -0.241. The number of pyridine rings is 2. The van der Waals surface area contributed by atoms with Crippen LogP contribution in [0.1, 0.15) is 15.9 Å².